The van der Waals surface area contributed by atoms with Crippen molar-refractivity contribution in [1.82, 2.24) is 0 Å². The van der Waals surface area contributed by atoms with Crippen molar-refractivity contribution in [2.75, 3.05) is 12.3 Å². The highest BCUT2D eigenvalue weighted by molar-refractivity contribution is 7.99. The van der Waals surface area contributed by atoms with Crippen molar-refractivity contribution >= 4 is 11.8 Å². The van der Waals surface area contributed by atoms with E-state index in [2.05, 4.69) is 44.2 Å². The van der Waals surface area contributed by atoms with Gasteiger partial charge in [0.05, 0.1) is 0 Å². The minimum atomic E-state index is 0.321. The van der Waals surface area contributed by atoms with E-state index in [-0.39, 0.29) is 0 Å². The normalized spacial score (nSPS) is 14.9. The van der Waals surface area contributed by atoms with Crippen LogP contribution in [-0.4, -0.2) is 12.3 Å². The third kappa shape index (κ3) is 4.27. The summed E-state index contributed by atoms with van der Waals surface area (Å²) < 4.78 is 0. The Morgan fingerprint density at radius 2 is 1.93 bits per heavy atom. The number of benzene rings is 1. The van der Waals surface area contributed by atoms with Gasteiger partial charge >= 0.3 is 0 Å². The number of hydrogen-bond donors (Lipinski definition) is 1. The van der Waals surface area contributed by atoms with Gasteiger partial charge in [-0.15, -0.1) is 11.8 Å². The molecule has 0 bridgehead atoms. The summed E-state index contributed by atoms with van der Waals surface area (Å²) in [5.74, 6) is 1.16. The first-order valence-corrected chi connectivity index (χ1v) is 6.57. The zero-order valence-corrected chi connectivity index (χ0v) is 10.5. The van der Waals surface area contributed by atoms with Crippen LogP contribution in [0.25, 0.3) is 0 Å². The van der Waals surface area contributed by atoms with Gasteiger partial charge in [0.1, 0.15) is 0 Å². The van der Waals surface area contributed by atoms with Crippen LogP contribution >= 0.6 is 11.8 Å². The van der Waals surface area contributed by atoms with Gasteiger partial charge in [0.15, 0.2) is 0 Å². The molecule has 1 unspecified atom stereocenters. The van der Waals surface area contributed by atoms with E-state index in [0.29, 0.717) is 5.41 Å². The Bertz CT molecular complexity index is 267. The first-order chi connectivity index (χ1) is 7.20. The second kappa shape index (κ2) is 6.19. The zero-order valence-electron chi connectivity index (χ0n) is 9.70. The summed E-state index contributed by atoms with van der Waals surface area (Å²) in [4.78, 5) is 1.35. The maximum Gasteiger partial charge on any atom is 0.00719 e. The molecule has 2 N–H and O–H groups in total. The molecule has 0 aliphatic carbocycles. The molecule has 1 aromatic rings. The highest BCUT2D eigenvalue weighted by Crippen LogP contribution is 2.28. The fourth-order valence-electron chi connectivity index (χ4n) is 1.36. The molecule has 2 heteroatoms. The van der Waals surface area contributed by atoms with Crippen LogP contribution in [-0.2, 0) is 0 Å². The van der Waals surface area contributed by atoms with E-state index in [1.165, 1.54) is 17.7 Å². The van der Waals surface area contributed by atoms with Crippen LogP contribution in [0.3, 0.4) is 0 Å². The Morgan fingerprint density at radius 3 is 2.47 bits per heavy atom. The van der Waals surface area contributed by atoms with Crippen molar-refractivity contribution in [3.05, 3.63) is 30.3 Å². The fourth-order valence-corrected chi connectivity index (χ4v) is 2.54. The standard InChI is InChI=1S/C13H21NS/c1-3-13(2,11-14)9-10-15-12-7-5-4-6-8-12/h4-8H,3,9-11,14H2,1-2H3. The van der Waals surface area contributed by atoms with E-state index in [0.717, 1.165) is 12.3 Å². The molecular weight excluding hydrogens is 202 g/mol. The van der Waals surface area contributed by atoms with Crippen LogP contribution in [0, 0.1) is 5.41 Å². The molecule has 0 aromatic heterocycles. The molecule has 1 atom stereocenters. The van der Waals surface area contributed by atoms with E-state index in [4.69, 9.17) is 5.73 Å². The predicted octanol–water partition coefficient (Wildman–Crippen LogP) is 3.54. The third-order valence-corrected chi connectivity index (χ3v) is 4.08. The molecule has 0 aliphatic rings. The Hall–Kier alpha value is -0.470. The second-order valence-corrected chi connectivity index (χ2v) is 5.45. The van der Waals surface area contributed by atoms with Crippen molar-refractivity contribution in [3.8, 4) is 0 Å². The molecule has 0 heterocycles. The van der Waals surface area contributed by atoms with E-state index in [1.54, 1.807) is 0 Å². The summed E-state index contributed by atoms with van der Waals surface area (Å²) in [5, 5.41) is 0. The summed E-state index contributed by atoms with van der Waals surface area (Å²) in [6.45, 7) is 5.29. The number of nitrogens with two attached hydrogens (primary N) is 1. The van der Waals surface area contributed by atoms with Crippen LogP contribution < -0.4 is 5.73 Å². The summed E-state index contributed by atoms with van der Waals surface area (Å²) in [7, 11) is 0. The van der Waals surface area contributed by atoms with Crippen molar-refractivity contribution in [3.63, 3.8) is 0 Å². The molecule has 0 amide bonds. The zero-order chi connectivity index (χ0) is 11.1. The van der Waals surface area contributed by atoms with Crippen LogP contribution in [0.15, 0.2) is 35.2 Å². The molecule has 1 aromatic carbocycles. The molecule has 0 radical (unpaired) electrons. The maximum absolute atomic E-state index is 5.79. The summed E-state index contributed by atoms with van der Waals surface area (Å²) in [6.07, 6.45) is 2.36. The van der Waals surface area contributed by atoms with Gasteiger partial charge in [0.2, 0.25) is 0 Å². The van der Waals surface area contributed by atoms with Crippen molar-refractivity contribution in [2.45, 2.75) is 31.6 Å². The molecule has 1 nitrogen and oxygen atoms in total. The van der Waals surface area contributed by atoms with Crippen molar-refractivity contribution < 1.29 is 0 Å². The molecule has 0 spiro atoms. The lowest BCUT2D eigenvalue weighted by Gasteiger charge is -2.25. The molecule has 0 fully saturated rings. The predicted molar refractivity (Wildman–Crippen MR) is 69.2 cm³/mol. The largest absolute Gasteiger partial charge is 0.330 e. The van der Waals surface area contributed by atoms with Gasteiger partial charge in [-0.05, 0) is 42.7 Å². The minimum Gasteiger partial charge on any atom is -0.330 e. The number of rotatable bonds is 6. The van der Waals surface area contributed by atoms with E-state index < -0.39 is 0 Å². The van der Waals surface area contributed by atoms with Crippen molar-refractivity contribution in [2.24, 2.45) is 11.1 Å². The molecule has 1 rings (SSSR count). The van der Waals surface area contributed by atoms with Gasteiger partial charge in [0.25, 0.3) is 0 Å². The molecular formula is C13H21NS. The van der Waals surface area contributed by atoms with Crippen LogP contribution in [0.4, 0.5) is 0 Å². The fraction of sp³-hybridized carbons (Fsp3) is 0.538. The number of thioether (sulfide) groups is 1. The molecule has 0 saturated carbocycles. The molecule has 0 saturated heterocycles. The van der Waals surface area contributed by atoms with Gasteiger partial charge in [-0.2, -0.15) is 0 Å². The Kier molecular flexibility index (Phi) is 5.20. The molecule has 0 aliphatic heterocycles. The van der Waals surface area contributed by atoms with Crippen LogP contribution in [0.5, 0.6) is 0 Å². The lowest BCUT2D eigenvalue weighted by atomic mass is 9.85. The van der Waals surface area contributed by atoms with E-state index in [1.807, 2.05) is 11.8 Å². The first kappa shape index (κ1) is 12.6. The quantitative estimate of drug-likeness (QED) is 0.746. The average molecular weight is 223 g/mol. The highest BCUT2D eigenvalue weighted by Gasteiger charge is 2.19. The van der Waals surface area contributed by atoms with Gasteiger partial charge in [0, 0.05) is 4.90 Å². The van der Waals surface area contributed by atoms with Crippen LogP contribution in [0.2, 0.25) is 0 Å². The molecule has 84 valence electrons. The Morgan fingerprint density at radius 1 is 1.27 bits per heavy atom. The van der Waals surface area contributed by atoms with E-state index in [9.17, 15) is 0 Å². The summed E-state index contributed by atoms with van der Waals surface area (Å²) in [6, 6.07) is 10.6. The second-order valence-electron chi connectivity index (χ2n) is 4.28. The first-order valence-electron chi connectivity index (χ1n) is 5.58. The Balaban J connectivity index is 2.33. The van der Waals surface area contributed by atoms with Gasteiger partial charge in [-0.3, -0.25) is 0 Å². The van der Waals surface area contributed by atoms with Crippen molar-refractivity contribution in [1.29, 1.82) is 0 Å². The highest BCUT2D eigenvalue weighted by atomic mass is 32.2. The van der Waals surface area contributed by atoms with Crippen LogP contribution in [0.1, 0.15) is 26.7 Å². The lowest BCUT2D eigenvalue weighted by Crippen LogP contribution is -2.26. The average Bonchev–Trinajstić information content (AvgIpc) is 2.30. The van der Waals surface area contributed by atoms with Gasteiger partial charge in [-0.1, -0.05) is 32.0 Å². The monoisotopic (exact) mass is 223 g/mol. The molecule has 15 heavy (non-hydrogen) atoms. The Labute approximate surface area is 97.4 Å². The smallest absolute Gasteiger partial charge is 0.00719 e. The third-order valence-electron chi connectivity index (χ3n) is 3.06. The lowest BCUT2D eigenvalue weighted by molar-refractivity contribution is 0.313. The maximum atomic E-state index is 5.79. The van der Waals surface area contributed by atoms with Gasteiger partial charge < -0.3 is 5.73 Å². The summed E-state index contributed by atoms with van der Waals surface area (Å²) in [5.41, 5.74) is 6.11. The summed E-state index contributed by atoms with van der Waals surface area (Å²) >= 11 is 1.92. The van der Waals surface area contributed by atoms with Gasteiger partial charge in [-0.25, -0.2) is 0 Å². The SMILES string of the molecule is CCC(C)(CN)CCSc1ccccc1. The topological polar surface area (TPSA) is 26.0 Å². The minimum absolute atomic E-state index is 0.321. The number of hydrogen-bond acceptors (Lipinski definition) is 2. The van der Waals surface area contributed by atoms with E-state index >= 15 is 0 Å².